The number of aliphatic hydroxyl groups excluding tert-OH is 3. The minimum absolute atomic E-state index is 0.135. The molecule has 0 aromatic heterocycles. The van der Waals surface area contributed by atoms with Gasteiger partial charge in [0.05, 0.1) is 38.1 Å². The third kappa shape index (κ3) is 8.14. The van der Waals surface area contributed by atoms with Gasteiger partial charge in [-0.05, 0) is 43.9 Å². The lowest BCUT2D eigenvalue weighted by atomic mass is 9.84. The molecule has 1 aliphatic carbocycles. The summed E-state index contributed by atoms with van der Waals surface area (Å²) < 4.78 is 5.91. The first-order valence-electron chi connectivity index (χ1n) is 11.7. The van der Waals surface area contributed by atoms with E-state index in [2.05, 4.69) is 30.5 Å². The Morgan fingerprint density at radius 1 is 1.20 bits per heavy atom. The Morgan fingerprint density at radius 2 is 2.00 bits per heavy atom. The molecule has 2 aliphatic rings. The molecule has 2 unspecified atom stereocenters. The number of amides is 1. The largest absolute Gasteiger partial charge is 0.394 e. The summed E-state index contributed by atoms with van der Waals surface area (Å²) in [6.45, 7) is 2.52. The quantitative estimate of drug-likeness (QED) is 0.240. The van der Waals surface area contributed by atoms with Gasteiger partial charge in [0, 0.05) is 12.3 Å². The third-order valence-corrected chi connectivity index (χ3v) is 6.40. The van der Waals surface area contributed by atoms with Gasteiger partial charge in [-0.2, -0.15) is 0 Å². The topological polar surface area (TPSA) is 99.0 Å². The second-order valence-electron chi connectivity index (χ2n) is 8.79. The number of hydrogen-bond donors (Lipinski definition) is 4. The van der Waals surface area contributed by atoms with Crippen LogP contribution in [0.25, 0.3) is 0 Å². The maximum Gasteiger partial charge on any atom is 0.220 e. The molecule has 1 saturated heterocycles. The van der Waals surface area contributed by atoms with Crippen molar-refractivity contribution < 1.29 is 24.9 Å². The summed E-state index contributed by atoms with van der Waals surface area (Å²) >= 11 is 0. The fraction of sp³-hybridized carbons (Fsp3) is 0.792. The van der Waals surface area contributed by atoms with E-state index in [1.807, 2.05) is 6.08 Å². The molecular formula is C24H41NO5. The van der Waals surface area contributed by atoms with Gasteiger partial charge in [-0.1, -0.05) is 50.5 Å². The zero-order valence-corrected chi connectivity index (χ0v) is 18.4. The van der Waals surface area contributed by atoms with Crippen LogP contribution in [0.4, 0.5) is 0 Å². The average Bonchev–Trinajstić information content (AvgIpc) is 3.35. The molecule has 6 heteroatoms. The van der Waals surface area contributed by atoms with E-state index in [0.29, 0.717) is 30.3 Å². The van der Waals surface area contributed by atoms with E-state index in [4.69, 9.17) is 14.9 Å². The average molecular weight is 424 g/mol. The number of unbranched alkanes of at least 4 members (excludes halogenated alkanes) is 3. The highest BCUT2D eigenvalue weighted by atomic mass is 16.5. The van der Waals surface area contributed by atoms with Gasteiger partial charge in [-0.15, -0.1) is 0 Å². The van der Waals surface area contributed by atoms with E-state index in [9.17, 15) is 9.90 Å². The lowest BCUT2D eigenvalue weighted by molar-refractivity contribution is -0.122. The van der Waals surface area contributed by atoms with Crippen LogP contribution in [0.5, 0.6) is 0 Å². The van der Waals surface area contributed by atoms with Gasteiger partial charge in [0.25, 0.3) is 0 Å². The minimum atomic E-state index is -0.566. The van der Waals surface area contributed by atoms with E-state index < -0.39 is 6.04 Å². The SMILES string of the molecule is CCCCC[C@H](O)/C=C/[C@H]1C2CC(CO2)[C@@H]1C/C=C\CCCC(=O)NC(CO)CO. The fourth-order valence-corrected chi connectivity index (χ4v) is 4.61. The van der Waals surface area contributed by atoms with E-state index in [0.717, 1.165) is 45.1 Å². The van der Waals surface area contributed by atoms with Gasteiger partial charge < -0.3 is 25.4 Å². The van der Waals surface area contributed by atoms with Crippen molar-refractivity contribution in [3.63, 3.8) is 0 Å². The van der Waals surface area contributed by atoms with Crippen LogP contribution < -0.4 is 5.32 Å². The molecule has 2 bridgehead atoms. The van der Waals surface area contributed by atoms with Crippen LogP contribution in [0, 0.1) is 17.8 Å². The highest BCUT2D eigenvalue weighted by molar-refractivity contribution is 5.76. The summed E-state index contributed by atoms with van der Waals surface area (Å²) in [5.74, 6) is 1.42. The van der Waals surface area contributed by atoms with E-state index >= 15 is 0 Å². The Hall–Kier alpha value is -1.21. The van der Waals surface area contributed by atoms with Gasteiger partial charge in [0.15, 0.2) is 0 Å². The molecule has 1 saturated carbocycles. The maximum atomic E-state index is 11.8. The summed E-state index contributed by atoms with van der Waals surface area (Å²) in [4.78, 5) is 11.8. The second kappa shape index (κ2) is 14.0. The zero-order valence-electron chi connectivity index (χ0n) is 18.4. The highest BCUT2D eigenvalue weighted by Gasteiger charge is 2.46. The first-order chi connectivity index (χ1) is 14.6. The molecular weight excluding hydrogens is 382 g/mol. The Labute approximate surface area is 181 Å². The standard InChI is InChI=1S/C24H41NO5/c1-2-3-6-9-20(28)12-13-22-21(18-14-23(22)30-17-18)10-7-4-5-8-11-24(29)25-19(15-26)16-27/h4,7,12-13,18-23,26-28H,2-3,5-6,8-11,14-17H2,1H3,(H,25,29)/b7-4-,13-12+/t18?,20-,21-,22+,23?/m0/s1. The van der Waals surface area contributed by atoms with Crippen molar-refractivity contribution in [1.82, 2.24) is 5.32 Å². The number of ether oxygens (including phenoxy) is 1. The number of nitrogens with one attached hydrogen (secondary N) is 1. The predicted molar refractivity (Wildman–Crippen MR) is 118 cm³/mol. The Bertz CT molecular complexity index is 546. The molecule has 0 aromatic rings. The summed E-state index contributed by atoms with van der Waals surface area (Å²) in [6, 6.07) is -0.566. The number of carbonyl (C=O) groups excluding carboxylic acids is 1. The highest BCUT2D eigenvalue weighted by Crippen LogP contribution is 2.47. The summed E-state index contributed by atoms with van der Waals surface area (Å²) in [5, 5.41) is 30.8. The lowest BCUT2D eigenvalue weighted by Gasteiger charge is -2.28. The number of hydrogen-bond acceptors (Lipinski definition) is 5. The maximum absolute atomic E-state index is 11.8. The molecule has 0 radical (unpaired) electrons. The van der Waals surface area contributed by atoms with Gasteiger partial charge in [0.1, 0.15) is 0 Å². The number of aliphatic hydroxyl groups is 3. The first-order valence-corrected chi connectivity index (χ1v) is 11.7. The Morgan fingerprint density at radius 3 is 2.73 bits per heavy atom. The number of carbonyl (C=O) groups is 1. The zero-order chi connectivity index (χ0) is 21.8. The normalized spacial score (nSPS) is 27.0. The molecule has 1 heterocycles. The van der Waals surface area contributed by atoms with Crippen molar-refractivity contribution >= 4 is 5.91 Å². The molecule has 5 atom stereocenters. The third-order valence-electron chi connectivity index (χ3n) is 6.40. The van der Waals surface area contributed by atoms with E-state index in [1.165, 1.54) is 12.8 Å². The van der Waals surface area contributed by atoms with Crippen LogP contribution in [0.15, 0.2) is 24.3 Å². The fourth-order valence-electron chi connectivity index (χ4n) is 4.61. The van der Waals surface area contributed by atoms with Crippen LogP contribution >= 0.6 is 0 Å². The minimum Gasteiger partial charge on any atom is -0.394 e. The predicted octanol–water partition coefficient (Wildman–Crippen LogP) is 2.72. The van der Waals surface area contributed by atoms with Crippen molar-refractivity contribution in [2.75, 3.05) is 19.8 Å². The molecule has 1 aliphatic heterocycles. The second-order valence-corrected chi connectivity index (χ2v) is 8.79. The Kier molecular flexibility index (Phi) is 11.7. The molecule has 4 N–H and O–H groups in total. The van der Waals surface area contributed by atoms with Gasteiger partial charge in [0.2, 0.25) is 5.91 Å². The lowest BCUT2D eigenvalue weighted by Crippen LogP contribution is -2.39. The molecule has 0 spiro atoms. The van der Waals surface area contributed by atoms with E-state index in [1.54, 1.807) is 0 Å². The van der Waals surface area contributed by atoms with Crippen LogP contribution in [0.1, 0.15) is 64.7 Å². The van der Waals surface area contributed by atoms with Gasteiger partial charge in [-0.25, -0.2) is 0 Å². The number of fused-ring (bicyclic) bond motifs is 2. The van der Waals surface area contributed by atoms with Crippen LogP contribution in [0.2, 0.25) is 0 Å². The van der Waals surface area contributed by atoms with Gasteiger partial charge >= 0.3 is 0 Å². The van der Waals surface area contributed by atoms with Crippen molar-refractivity contribution in [3.05, 3.63) is 24.3 Å². The van der Waals surface area contributed by atoms with Crippen molar-refractivity contribution in [2.24, 2.45) is 17.8 Å². The first kappa shape index (κ1) is 25.1. The molecule has 172 valence electrons. The van der Waals surface area contributed by atoms with Crippen LogP contribution in [-0.2, 0) is 9.53 Å². The van der Waals surface area contributed by atoms with Gasteiger partial charge in [-0.3, -0.25) is 4.79 Å². The number of allylic oxidation sites excluding steroid dienone is 2. The molecule has 2 rings (SSSR count). The van der Waals surface area contributed by atoms with Crippen molar-refractivity contribution in [2.45, 2.75) is 83.0 Å². The van der Waals surface area contributed by atoms with Crippen molar-refractivity contribution in [1.29, 1.82) is 0 Å². The summed E-state index contributed by atoms with van der Waals surface area (Å²) in [7, 11) is 0. The van der Waals surface area contributed by atoms with E-state index in [-0.39, 0.29) is 25.2 Å². The summed E-state index contributed by atoms with van der Waals surface area (Å²) in [5.41, 5.74) is 0. The van der Waals surface area contributed by atoms with Crippen molar-refractivity contribution in [3.8, 4) is 0 Å². The molecule has 0 aromatic carbocycles. The molecule has 6 nitrogen and oxygen atoms in total. The monoisotopic (exact) mass is 423 g/mol. The van der Waals surface area contributed by atoms with Crippen LogP contribution in [0.3, 0.4) is 0 Å². The Balaban J connectivity index is 1.70. The van der Waals surface area contributed by atoms with Crippen LogP contribution in [-0.4, -0.2) is 59.3 Å². The smallest absolute Gasteiger partial charge is 0.220 e. The molecule has 30 heavy (non-hydrogen) atoms. The molecule has 1 amide bonds. The summed E-state index contributed by atoms with van der Waals surface area (Å²) in [6.07, 6.45) is 16.8. The molecule has 2 fully saturated rings. The number of rotatable bonds is 15.